The highest BCUT2D eigenvalue weighted by molar-refractivity contribution is 6.15. The van der Waals surface area contributed by atoms with Gasteiger partial charge in [0.05, 0.1) is 28.3 Å². The van der Waals surface area contributed by atoms with E-state index in [-0.39, 0.29) is 44.9 Å². The van der Waals surface area contributed by atoms with E-state index in [0.717, 1.165) is 6.07 Å². The molecule has 0 fully saturated rings. The third-order valence-corrected chi connectivity index (χ3v) is 5.45. The lowest BCUT2D eigenvalue weighted by Gasteiger charge is -2.14. The Balaban J connectivity index is 1.82. The zero-order valence-corrected chi connectivity index (χ0v) is 19.6. The Kier molecular flexibility index (Phi) is 6.66. The number of aromatic nitrogens is 1. The molecule has 0 saturated heterocycles. The number of fused-ring (bicyclic) bond motifs is 1. The van der Waals surface area contributed by atoms with Crippen LogP contribution in [0.3, 0.4) is 0 Å². The standard InChI is InChI=1S/C26H19N5O6/c1-13(32)29-20-6-4-3-5-15(20)16-11-22-19(10-17(16)24(33)28-2)23(31-37-22)25(34)30-21-8-7-14(12-27)9-18(21)26(35)36/h3-11H,1-2H3,(H,28,33)(H,29,32)(H,30,34)(H,35,36). The van der Waals surface area contributed by atoms with E-state index < -0.39 is 17.8 Å². The number of benzene rings is 3. The molecule has 4 N–H and O–H groups in total. The van der Waals surface area contributed by atoms with Crippen LogP contribution >= 0.6 is 0 Å². The zero-order chi connectivity index (χ0) is 26.7. The van der Waals surface area contributed by atoms with Gasteiger partial charge in [-0.05, 0) is 36.4 Å². The molecule has 0 aliphatic heterocycles. The van der Waals surface area contributed by atoms with Gasteiger partial charge in [0.1, 0.15) is 0 Å². The summed E-state index contributed by atoms with van der Waals surface area (Å²) in [4.78, 5) is 49.2. The van der Waals surface area contributed by atoms with Gasteiger partial charge in [-0.25, -0.2) is 4.79 Å². The maximum absolute atomic E-state index is 13.1. The molecule has 0 saturated carbocycles. The third kappa shape index (κ3) is 4.85. The van der Waals surface area contributed by atoms with E-state index >= 15 is 0 Å². The number of rotatable bonds is 6. The molecule has 0 unspecified atom stereocenters. The molecule has 3 amide bonds. The highest BCUT2D eigenvalue weighted by Gasteiger charge is 2.24. The number of carboxylic acid groups (broad SMARTS) is 1. The molecule has 4 rings (SSSR count). The minimum absolute atomic E-state index is 0.0416. The number of hydrogen-bond donors (Lipinski definition) is 4. The predicted molar refractivity (Wildman–Crippen MR) is 133 cm³/mol. The van der Waals surface area contributed by atoms with Gasteiger partial charge < -0.3 is 25.6 Å². The van der Waals surface area contributed by atoms with E-state index in [1.165, 1.54) is 38.2 Å². The fourth-order valence-corrected chi connectivity index (χ4v) is 3.79. The van der Waals surface area contributed by atoms with Crippen LogP contribution in [0.1, 0.15) is 43.7 Å². The average molecular weight is 497 g/mol. The van der Waals surface area contributed by atoms with Crippen molar-refractivity contribution >= 4 is 46.0 Å². The van der Waals surface area contributed by atoms with Crippen LogP contribution in [0, 0.1) is 11.3 Å². The molecule has 11 nitrogen and oxygen atoms in total. The molecule has 0 aliphatic carbocycles. The van der Waals surface area contributed by atoms with Crippen LogP contribution in [0.2, 0.25) is 0 Å². The number of nitrogens with zero attached hydrogens (tertiary/aromatic N) is 2. The van der Waals surface area contributed by atoms with Gasteiger partial charge in [-0.1, -0.05) is 23.4 Å². The molecule has 3 aromatic carbocycles. The quantitative estimate of drug-likeness (QED) is 0.312. The second kappa shape index (κ2) is 10.0. The van der Waals surface area contributed by atoms with Crippen molar-refractivity contribution in [2.45, 2.75) is 6.92 Å². The van der Waals surface area contributed by atoms with Crippen molar-refractivity contribution in [1.82, 2.24) is 10.5 Å². The van der Waals surface area contributed by atoms with E-state index in [9.17, 15) is 24.3 Å². The molecule has 184 valence electrons. The van der Waals surface area contributed by atoms with Crippen molar-refractivity contribution < 1.29 is 28.8 Å². The molecule has 11 heteroatoms. The number of nitrogens with one attached hydrogen (secondary N) is 3. The van der Waals surface area contributed by atoms with Gasteiger partial charge in [-0.15, -0.1) is 0 Å². The smallest absolute Gasteiger partial charge is 0.337 e. The van der Waals surface area contributed by atoms with Crippen LogP contribution in [0.25, 0.3) is 22.1 Å². The molecule has 0 bridgehead atoms. The summed E-state index contributed by atoms with van der Waals surface area (Å²) in [7, 11) is 1.45. The van der Waals surface area contributed by atoms with Crippen LogP contribution in [-0.4, -0.2) is 41.0 Å². The number of aromatic carboxylic acids is 1. The fourth-order valence-electron chi connectivity index (χ4n) is 3.79. The van der Waals surface area contributed by atoms with Crippen LogP contribution in [0.15, 0.2) is 59.1 Å². The van der Waals surface area contributed by atoms with E-state index in [4.69, 9.17) is 9.78 Å². The Bertz CT molecular complexity index is 1630. The highest BCUT2D eigenvalue weighted by atomic mass is 16.5. The first kappa shape index (κ1) is 24.6. The maximum atomic E-state index is 13.1. The zero-order valence-electron chi connectivity index (χ0n) is 19.6. The first-order valence-corrected chi connectivity index (χ1v) is 10.8. The van der Waals surface area contributed by atoms with Gasteiger partial charge in [0.25, 0.3) is 11.8 Å². The van der Waals surface area contributed by atoms with Gasteiger partial charge in [0, 0.05) is 36.3 Å². The second-order valence-electron chi connectivity index (χ2n) is 7.86. The molecule has 1 heterocycles. The molecule has 1 aromatic heterocycles. The van der Waals surface area contributed by atoms with Crippen molar-refractivity contribution in [3.05, 3.63) is 77.0 Å². The topological polar surface area (TPSA) is 174 Å². The number of para-hydroxylation sites is 1. The average Bonchev–Trinajstić information content (AvgIpc) is 3.30. The minimum Gasteiger partial charge on any atom is -0.478 e. The Hall–Kier alpha value is -5.50. The van der Waals surface area contributed by atoms with Crippen LogP contribution in [0.5, 0.6) is 0 Å². The summed E-state index contributed by atoms with van der Waals surface area (Å²) in [6, 6.07) is 15.5. The lowest BCUT2D eigenvalue weighted by molar-refractivity contribution is -0.114. The predicted octanol–water partition coefficient (Wildman–Crippen LogP) is 3.63. The number of hydrogen-bond acceptors (Lipinski definition) is 7. The van der Waals surface area contributed by atoms with Crippen molar-refractivity contribution in [1.29, 1.82) is 5.26 Å². The van der Waals surface area contributed by atoms with Crippen molar-refractivity contribution in [3.63, 3.8) is 0 Å². The summed E-state index contributed by atoms with van der Waals surface area (Å²) in [5, 5.41) is 30.3. The largest absolute Gasteiger partial charge is 0.478 e. The number of carbonyl (C=O) groups excluding carboxylic acids is 3. The summed E-state index contributed by atoms with van der Waals surface area (Å²) in [6.45, 7) is 1.37. The van der Waals surface area contributed by atoms with Gasteiger partial charge in [0.2, 0.25) is 5.91 Å². The normalized spacial score (nSPS) is 10.4. The lowest BCUT2D eigenvalue weighted by atomic mass is 9.95. The number of carbonyl (C=O) groups is 4. The third-order valence-electron chi connectivity index (χ3n) is 5.45. The first-order valence-electron chi connectivity index (χ1n) is 10.8. The summed E-state index contributed by atoms with van der Waals surface area (Å²) in [6.07, 6.45) is 0. The van der Waals surface area contributed by atoms with E-state index in [2.05, 4.69) is 21.1 Å². The number of carboxylic acids is 1. The van der Waals surface area contributed by atoms with Gasteiger partial charge >= 0.3 is 5.97 Å². The molecule has 0 atom stereocenters. The monoisotopic (exact) mass is 497 g/mol. The molecule has 0 spiro atoms. The van der Waals surface area contributed by atoms with Crippen LogP contribution in [0.4, 0.5) is 11.4 Å². The highest BCUT2D eigenvalue weighted by Crippen LogP contribution is 2.35. The second-order valence-corrected chi connectivity index (χ2v) is 7.86. The SMILES string of the molecule is CNC(=O)c1cc2c(C(=O)Nc3ccc(C#N)cc3C(=O)O)noc2cc1-c1ccccc1NC(C)=O. The Morgan fingerprint density at radius 2 is 1.68 bits per heavy atom. The van der Waals surface area contributed by atoms with E-state index in [1.54, 1.807) is 24.3 Å². The molecule has 0 aliphatic rings. The molecular formula is C26H19N5O6. The molecule has 37 heavy (non-hydrogen) atoms. The van der Waals surface area contributed by atoms with Crippen LogP contribution < -0.4 is 16.0 Å². The minimum atomic E-state index is -1.33. The molecular weight excluding hydrogens is 478 g/mol. The maximum Gasteiger partial charge on any atom is 0.337 e. The van der Waals surface area contributed by atoms with E-state index in [0.29, 0.717) is 16.8 Å². The summed E-state index contributed by atoms with van der Waals surface area (Å²) >= 11 is 0. The van der Waals surface area contributed by atoms with Gasteiger partial charge in [-0.3, -0.25) is 14.4 Å². The number of nitriles is 1. The van der Waals surface area contributed by atoms with E-state index in [1.807, 2.05) is 6.07 Å². The van der Waals surface area contributed by atoms with Crippen molar-refractivity contribution in [3.8, 4) is 17.2 Å². The Labute approximate surface area is 209 Å². The van der Waals surface area contributed by atoms with Crippen molar-refractivity contribution in [2.75, 3.05) is 17.7 Å². The van der Waals surface area contributed by atoms with Gasteiger partial charge in [-0.2, -0.15) is 5.26 Å². The number of anilines is 2. The van der Waals surface area contributed by atoms with Crippen LogP contribution in [-0.2, 0) is 4.79 Å². The Morgan fingerprint density at radius 1 is 0.919 bits per heavy atom. The first-order chi connectivity index (χ1) is 17.7. The fraction of sp³-hybridized carbons (Fsp3) is 0.0769. The molecule has 0 radical (unpaired) electrons. The lowest BCUT2D eigenvalue weighted by Crippen LogP contribution is -2.19. The summed E-state index contributed by atoms with van der Waals surface area (Å²) in [5.74, 6) is -2.86. The molecule has 4 aromatic rings. The summed E-state index contributed by atoms with van der Waals surface area (Å²) < 4.78 is 5.38. The summed E-state index contributed by atoms with van der Waals surface area (Å²) in [5.41, 5.74) is 1.44. The van der Waals surface area contributed by atoms with Crippen molar-refractivity contribution in [2.24, 2.45) is 0 Å². The Morgan fingerprint density at radius 3 is 2.35 bits per heavy atom. The van der Waals surface area contributed by atoms with Gasteiger partial charge in [0.15, 0.2) is 11.3 Å². The number of amides is 3.